The Bertz CT molecular complexity index is 1610. The summed E-state index contributed by atoms with van der Waals surface area (Å²) in [5.74, 6) is -0.712. The van der Waals surface area contributed by atoms with Crippen LogP contribution in [0.25, 0.3) is 10.9 Å². The molecule has 4 N–H and O–H groups in total. The number of anilines is 1. The standard InChI is InChI=1S/C32H39N4O7PS/c1-21(37)36(26(31(33)38)19-23-15-16-28(43-44(40,41)42)30-24(23)12-7-17-34-30)27-20-45-29-14-6-5-13-25(29)35(32(27)39)18-8-11-22-9-3-2-4-10-22/h5-7,12-17,22,26-27H,2-4,8-11,18-20H2,1H3,(H2,33,38)(H2,40,41,42)/t26-,27-/m0/s1. The summed E-state index contributed by atoms with van der Waals surface area (Å²) in [6.45, 7) is 1.84. The van der Waals surface area contributed by atoms with Gasteiger partial charge in [-0.1, -0.05) is 56.4 Å². The maximum atomic E-state index is 14.4. The molecule has 5 rings (SSSR count). The summed E-state index contributed by atoms with van der Waals surface area (Å²) >= 11 is 1.47. The first-order chi connectivity index (χ1) is 21.5. The number of pyridine rings is 1. The molecule has 1 aliphatic heterocycles. The molecule has 13 heteroatoms. The molecule has 11 nitrogen and oxygen atoms in total. The predicted molar refractivity (Wildman–Crippen MR) is 173 cm³/mol. The number of thioether (sulfide) groups is 1. The molecule has 45 heavy (non-hydrogen) atoms. The topological polar surface area (TPSA) is 163 Å². The molecule has 2 aromatic carbocycles. The summed E-state index contributed by atoms with van der Waals surface area (Å²) in [5.41, 5.74) is 7.47. The van der Waals surface area contributed by atoms with Crippen molar-refractivity contribution in [1.29, 1.82) is 0 Å². The van der Waals surface area contributed by atoms with Crippen molar-refractivity contribution >= 4 is 53.9 Å². The number of amides is 3. The highest BCUT2D eigenvalue weighted by Gasteiger charge is 2.41. The molecule has 0 unspecified atom stereocenters. The summed E-state index contributed by atoms with van der Waals surface area (Å²) in [4.78, 5) is 67.8. The molecule has 0 bridgehead atoms. The summed E-state index contributed by atoms with van der Waals surface area (Å²) in [6.07, 6.45) is 9.51. The van der Waals surface area contributed by atoms with E-state index < -0.39 is 31.7 Å². The second-order valence-corrected chi connectivity index (χ2v) is 13.9. The normalized spacial score (nSPS) is 18.2. The number of para-hydroxylation sites is 1. The van der Waals surface area contributed by atoms with Crippen LogP contribution >= 0.6 is 19.6 Å². The molecule has 3 amide bonds. The van der Waals surface area contributed by atoms with Gasteiger partial charge < -0.3 is 20.1 Å². The Kier molecular flexibility index (Phi) is 10.5. The number of carbonyl (C=O) groups excluding carboxylic acids is 3. The van der Waals surface area contributed by atoms with E-state index in [1.807, 2.05) is 24.3 Å². The van der Waals surface area contributed by atoms with E-state index in [0.717, 1.165) is 23.4 Å². The van der Waals surface area contributed by atoms with Gasteiger partial charge in [-0.2, -0.15) is 0 Å². The van der Waals surface area contributed by atoms with Crippen LogP contribution in [0.4, 0.5) is 5.69 Å². The van der Waals surface area contributed by atoms with Crippen molar-refractivity contribution in [1.82, 2.24) is 9.88 Å². The summed E-state index contributed by atoms with van der Waals surface area (Å²) in [5, 5.41) is 0.469. The second kappa shape index (κ2) is 14.3. The Balaban J connectivity index is 1.45. The Hall–Kier alpha value is -3.44. The third-order valence-corrected chi connectivity index (χ3v) is 10.2. The molecule has 1 saturated carbocycles. The average Bonchev–Trinajstić information content (AvgIpc) is 3.14. The largest absolute Gasteiger partial charge is 0.524 e. The Morgan fingerprint density at radius 3 is 2.60 bits per heavy atom. The molecule has 2 heterocycles. The molecule has 2 atom stereocenters. The summed E-state index contributed by atoms with van der Waals surface area (Å²) < 4.78 is 16.4. The van der Waals surface area contributed by atoms with Crippen molar-refractivity contribution < 1.29 is 33.3 Å². The molecule has 0 saturated heterocycles. The molecular weight excluding hydrogens is 615 g/mol. The lowest BCUT2D eigenvalue weighted by atomic mass is 9.86. The van der Waals surface area contributed by atoms with Crippen molar-refractivity contribution in [2.45, 2.75) is 75.3 Å². The molecule has 240 valence electrons. The quantitative estimate of drug-likeness (QED) is 0.246. The van der Waals surface area contributed by atoms with Crippen LogP contribution in [0.5, 0.6) is 5.75 Å². The zero-order valence-electron chi connectivity index (χ0n) is 25.2. The second-order valence-electron chi connectivity index (χ2n) is 11.7. The molecule has 0 spiro atoms. The van der Waals surface area contributed by atoms with E-state index in [0.29, 0.717) is 23.4 Å². The van der Waals surface area contributed by atoms with E-state index in [1.54, 1.807) is 23.1 Å². The summed E-state index contributed by atoms with van der Waals surface area (Å²) in [7, 11) is -4.87. The maximum Gasteiger partial charge on any atom is 0.524 e. The minimum absolute atomic E-state index is 0.0453. The van der Waals surface area contributed by atoms with Gasteiger partial charge in [0.25, 0.3) is 5.91 Å². The SMILES string of the molecule is CC(=O)N([C@@H](Cc1ccc(OP(=O)(O)O)c2ncccc12)C(N)=O)[C@H]1CSc2ccccc2N(CCCC2CCCCC2)C1=O. The number of fused-ring (bicyclic) bond motifs is 2. The smallest absolute Gasteiger partial charge is 0.402 e. The summed E-state index contributed by atoms with van der Waals surface area (Å²) in [6, 6.07) is 11.8. The lowest BCUT2D eigenvalue weighted by molar-refractivity contribution is -0.144. The highest BCUT2D eigenvalue weighted by Crippen LogP contribution is 2.41. The first-order valence-corrected chi connectivity index (χ1v) is 17.8. The Morgan fingerprint density at radius 1 is 1.13 bits per heavy atom. The number of aromatic nitrogens is 1. The van der Waals surface area contributed by atoms with Crippen molar-refractivity contribution in [3.8, 4) is 5.75 Å². The van der Waals surface area contributed by atoms with Crippen LogP contribution in [0.1, 0.15) is 57.4 Å². The minimum Gasteiger partial charge on any atom is -0.402 e. The van der Waals surface area contributed by atoms with Gasteiger partial charge in [0.05, 0.1) is 5.69 Å². The number of benzene rings is 2. The van der Waals surface area contributed by atoms with Crippen LogP contribution in [0.2, 0.25) is 0 Å². The van der Waals surface area contributed by atoms with Gasteiger partial charge in [0.2, 0.25) is 11.8 Å². The van der Waals surface area contributed by atoms with E-state index in [4.69, 9.17) is 10.3 Å². The Morgan fingerprint density at radius 2 is 1.89 bits per heavy atom. The number of hydrogen-bond acceptors (Lipinski definition) is 7. The fourth-order valence-electron chi connectivity index (χ4n) is 6.57. The van der Waals surface area contributed by atoms with Crippen molar-refractivity contribution in [2.75, 3.05) is 17.2 Å². The number of rotatable bonds is 11. The van der Waals surface area contributed by atoms with Gasteiger partial charge in [-0.05, 0) is 48.6 Å². The van der Waals surface area contributed by atoms with E-state index in [2.05, 4.69) is 4.98 Å². The van der Waals surface area contributed by atoms with Crippen LogP contribution in [0, 0.1) is 5.92 Å². The lowest BCUT2D eigenvalue weighted by Crippen LogP contribution is -2.59. The number of hydrogen-bond donors (Lipinski definition) is 3. The van der Waals surface area contributed by atoms with Crippen molar-refractivity contribution in [3.05, 3.63) is 60.3 Å². The highest BCUT2D eigenvalue weighted by molar-refractivity contribution is 7.99. The van der Waals surface area contributed by atoms with Gasteiger partial charge >= 0.3 is 7.82 Å². The van der Waals surface area contributed by atoms with Gasteiger partial charge in [0.1, 0.15) is 17.6 Å². The van der Waals surface area contributed by atoms with Crippen LogP contribution < -0.4 is 15.2 Å². The fourth-order valence-corrected chi connectivity index (χ4v) is 8.12. The Labute approximate surface area is 266 Å². The number of carbonyl (C=O) groups is 3. The molecule has 1 aliphatic carbocycles. The van der Waals surface area contributed by atoms with Crippen LogP contribution in [-0.2, 0) is 25.4 Å². The van der Waals surface area contributed by atoms with E-state index in [-0.39, 0.29) is 29.3 Å². The van der Waals surface area contributed by atoms with Gasteiger partial charge in [0, 0.05) is 42.1 Å². The third kappa shape index (κ3) is 7.87. The first-order valence-electron chi connectivity index (χ1n) is 15.3. The van der Waals surface area contributed by atoms with E-state index in [9.17, 15) is 28.7 Å². The monoisotopic (exact) mass is 654 g/mol. The number of primary amides is 1. The van der Waals surface area contributed by atoms with E-state index in [1.165, 1.54) is 68.0 Å². The zero-order chi connectivity index (χ0) is 32.1. The zero-order valence-corrected chi connectivity index (χ0v) is 26.9. The van der Waals surface area contributed by atoms with Crippen LogP contribution in [-0.4, -0.2) is 61.8 Å². The van der Waals surface area contributed by atoms with E-state index >= 15 is 0 Å². The third-order valence-electron chi connectivity index (χ3n) is 8.64. The molecule has 0 radical (unpaired) electrons. The number of nitrogens with two attached hydrogens (primary N) is 1. The van der Waals surface area contributed by atoms with Crippen molar-refractivity contribution in [3.63, 3.8) is 0 Å². The molecule has 3 aromatic rings. The number of nitrogens with zero attached hydrogens (tertiary/aromatic N) is 3. The number of phosphoric acid groups is 1. The fraction of sp³-hybridized carbons (Fsp3) is 0.438. The molecule has 2 aliphatic rings. The number of phosphoric ester groups is 1. The molecule has 1 fully saturated rings. The predicted octanol–water partition coefficient (Wildman–Crippen LogP) is 4.82. The average molecular weight is 655 g/mol. The van der Waals surface area contributed by atoms with Crippen LogP contribution in [0.3, 0.4) is 0 Å². The molecule has 1 aromatic heterocycles. The minimum atomic E-state index is -4.87. The highest BCUT2D eigenvalue weighted by atomic mass is 32.2. The maximum absolute atomic E-state index is 14.4. The van der Waals surface area contributed by atoms with Crippen LogP contribution in [0.15, 0.2) is 59.6 Å². The van der Waals surface area contributed by atoms with Gasteiger partial charge in [-0.25, -0.2) is 4.57 Å². The first kappa shape index (κ1) is 32.9. The van der Waals surface area contributed by atoms with Gasteiger partial charge in [-0.3, -0.25) is 29.2 Å². The molecular formula is C32H39N4O7PS. The van der Waals surface area contributed by atoms with Gasteiger partial charge in [0.15, 0.2) is 5.75 Å². The van der Waals surface area contributed by atoms with Gasteiger partial charge in [-0.15, -0.1) is 11.8 Å². The van der Waals surface area contributed by atoms with Crippen molar-refractivity contribution in [2.24, 2.45) is 11.7 Å². The lowest BCUT2D eigenvalue weighted by Gasteiger charge is -2.37.